The average molecular weight is 491 g/mol. The van der Waals surface area contributed by atoms with Crippen molar-refractivity contribution < 1.29 is 14.3 Å². The highest BCUT2D eigenvalue weighted by Gasteiger charge is 2.33. The molecule has 0 N–H and O–H groups in total. The number of amides is 2. The largest absolute Gasteiger partial charge is 0.491 e. The van der Waals surface area contributed by atoms with Crippen LogP contribution in [0.5, 0.6) is 5.75 Å². The molecular weight excluding hydrogens is 456 g/mol. The van der Waals surface area contributed by atoms with E-state index in [0.717, 1.165) is 23.3 Å². The van der Waals surface area contributed by atoms with Gasteiger partial charge in [0, 0.05) is 23.5 Å². The van der Waals surface area contributed by atoms with E-state index in [-0.39, 0.29) is 30.3 Å². The molecule has 1 aromatic heterocycles. The zero-order chi connectivity index (χ0) is 24.9. The maximum absolute atomic E-state index is 13.7. The summed E-state index contributed by atoms with van der Waals surface area (Å²) in [4.78, 5) is 31.9. The maximum Gasteiger partial charge on any atom is 0.254 e. The smallest absolute Gasteiger partial charge is 0.254 e. The molecule has 1 unspecified atom stereocenters. The van der Waals surface area contributed by atoms with Crippen LogP contribution in [0.25, 0.3) is 0 Å². The highest BCUT2D eigenvalue weighted by atomic mass is 32.1. The Bertz CT molecular complexity index is 1150. The first-order valence-corrected chi connectivity index (χ1v) is 13.1. The lowest BCUT2D eigenvalue weighted by molar-refractivity contribution is -0.135. The van der Waals surface area contributed by atoms with E-state index in [1.807, 2.05) is 67.3 Å². The van der Waals surface area contributed by atoms with E-state index in [1.54, 1.807) is 16.2 Å². The molecule has 1 atom stereocenters. The first-order valence-electron chi connectivity index (χ1n) is 12.2. The molecule has 0 fully saturated rings. The number of nitrogens with zero attached hydrogens (tertiary/aromatic N) is 2. The van der Waals surface area contributed by atoms with E-state index in [2.05, 4.69) is 25.3 Å². The lowest BCUT2D eigenvalue weighted by Crippen LogP contribution is -2.48. The Balaban J connectivity index is 1.52. The van der Waals surface area contributed by atoms with Gasteiger partial charge < -0.3 is 14.5 Å². The molecule has 0 bridgehead atoms. The van der Waals surface area contributed by atoms with Crippen LogP contribution in [0.3, 0.4) is 0 Å². The quantitative estimate of drug-likeness (QED) is 0.409. The average Bonchev–Trinajstić information content (AvgIpc) is 3.32. The van der Waals surface area contributed by atoms with Gasteiger partial charge >= 0.3 is 0 Å². The Labute approximate surface area is 212 Å². The molecule has 184 valence electrons. The van der Waals surface area contributed by atoms with E-state index in [0.29, 0.717) is 25.3 Å². The number of carbonyl (C=O) groups is 2. The van der Waals surface area contributed by atoms with Crippen molar-refractivity contribution in [2.45, 2.75) is 40.2 Å². The van der Waals surface area contributed by atoms with E-state index in [4.69, 9.17) is 4.74 Å². The Morgan fingerprint density at radius 2 is 1.69 bits per heavy atom. The number of fused-ring (bicyclic) bond motifs is 1. The molecule has 2 amide bonds. The molecule has 6 heteroatoms. The minimum absolute atomic E-state index is 0.0412. The Morgan fingerprint density at radius 1 is 1.03 bits per heavy atom. The van der Waals surface area contributed by atoms with E-state index in [1.165, 1.54) is 10.4 Å². The van der Waals surface area contributed by atoms with Gasteiger partial charge in [0.05, 0.1) is 6.04 Å². The SMILES string of the molecule is Cc1ccc(OCC2c3ccsc3CCN2C(=O)CN(CC(C)C)C(=O)c2ccc(C)cc2)cc1. The van der Waals surface area contributed by atoms with Gasteiger partial charge in [0.1, 0.15) is 18.9 Å². The highest BCUT2D eigenvalue weighted by molar-refractivity contribution is 7.10. The fraction of sp³-hybridized carbons (Fsp3) is 0.379. The fourth-order valence-electron chi connectivity index (χ4n) is 4.48. The molecule has 35 heavy (non-hydrogen) atoms. The molecule has 0 radical (unpaired) electrons. The Hall–Kier alpha value is -3.12. The van der Waals surface area contributed by atoms with Crippen molar-refractivity contribution in [1.82, 2.24) is 9.80 Å². The summed E-state index contributed by atoms with van der Waals surface area (Å²) >= 11 is 1.73. The van der Waals surface area contributed by atoms with Crippen molar-refractivity contribution in [3.8, 4) is 5.75 Å². The number of rotatable bonds is 8. The van der Waals surface area contributed by atoms with Gasteiger partial charge in [0.2, 0.25) is 5.91 Å². The van der Waals surface area contributed by atoms with Crippen LogP contribution in [0.15, 0.2) is 60.0 Å². The molecule has 0 saturated heterocycles. The zero-order valence-electron chi connectivity index (χ0n) is 21.0. The second-order valence-corrected chi connectivity index (χ2v) is 10.7. The van der Waals surface area contributed by atoms with Crippen molar-refractivity contribution in [1.29, 1.82) is 0 Å². The summed E-state index contributed by atoms with van der Waals surface area (Å²) in [6.07, 6.45) is 0.829. The van der Waals surface area contributed by atoms with Gasteiger partial charge in [-0.15, -0.1) is 11.3 Å². The van der Waals surface area contributed by atoms with Crippen molar-refractivity contribution in [2.75, 3.05) is 26.2 Å². The topological polar surface area (TPSA) is 49.9 Å². The molecule has 0 spiro atoms. The zero-order valence-corrected chi connectivity index (χ0v) is 21.8. The number of hydrogen-bond donors (Lipinski definition) is 0. The normalized spacial score (nSPS) is 15.1. The standard InChI is InChI=1S/C29H34N2O3S/c1-20(2)17-30(29(33)23-9-5-21(3)6-10-23)18-28(32)31-15-13-27-25(14-16-35-27)26(31)19-34-24-11-7-22(4)8-12-24/h5-12,14,16,20,26H,13,15,17-19H2,1-4H3. The predicted molar refractivity (Wildman–Crippen MR) is 141 cm³/mol. The molecule has 2 aromatic carbocycles. The lowest BCUT2D eigenvalue weighted by atomic mass is 10.00. The molecule has 3 aromatic rings. The molecule has 1 aliphatic rings. The summed E-state index contributed by atoms with van der Waals surface area (Å²) in [5.74, 6) is 0.900. The predicted octanol–water partition coefficient (Wildman–Crippen LogP) is 5.67. The van der Waals surface area contributed by atoms with Crippen LogP contribution >= 0.6 is 11.3 Å². The lowest BCUT2D eigenvalue weighted by Gasteiger charge is -2.37. The van der Waals surface area contributed by atoms with Crippen LogP contribution in [-0.2, 0) is 11.2 Å². The summed E-state index contributed by atoms with van der Waals surface area (Å²) in [7, 11) is 0. The molecule has 1 aliphatic heterocycles. The highest BCUT2D eigenvalue weighted by Crippen LogP contribution is 2.34. The third-order valence-corrected chi connectivity index (χ3v) is 7.34. The van der Waals surface area contributed by atoms with Crippen LogP contribution in [0.1, 0.15) is 51.8 Å². The summed E-state index contributed by atoms with van der Waals surface area (Å²) in [6, 6.07) is 17.4. The third-order valence-electron chi connectivity index (χ3n) is 6.34. The Kier molecular flexibility index (Phi) is 7.91. The Morgan fingerprint density at radius 3 is 2.34 bits per heavy atom. The van der Waals surface area contributed by atoms with Gasteiger partial charge in [-0.2, -0.15) is 0 Å². The van der Waals surface area contributed by atoms with E-state index < -0.39 is 0 Å². The summed E-state index contributed by atoms with van der Waals surface area (Å²) in [5.41, 5.74) is 4.05. The van der Waals surface area contributed by atoms with Crippen molar-refractivity contribution in [3.63, 3.8) is 0 Å². The monoisotopic (exact) mass is 490 g/mol. The van der Waals surface area contributed by atoms with Crippen LogP contribution in [0.4, 0.5) is 0 Å². The number of hydrogen-bond acceptors (Lipinski definition) is 4. The molecule has 0 aliphatic carbocycles. The number of benzene rings is 2. The molecule has 5 nitrogen and oxygen atoms in total. The van der Waals surface area contributed by atoms with Gasteiger partial charge in [-0.1, -0.05) is 49.2 Å². The van der Waals surface area contributed by atoms with Gasteiger partial charge in [0.15, 0.2) is 0 Å². The third kappa shape index (κ3) is 6.12. The first-order chi connectivity index (χ1) is 16.8. The van der Waals surface area contributed by atoms with Crippen LogP contribution in [-0.4, -0.2) is 47.9 Å². The summed E-state index contributed by atoms with van der Waals surface area (Å²) < 4.78 is 6.13. The minimum Gasteiger partial charge on any atom is -0.491 e. The summed E-state index contributed by atoms with van der Waals surface area (Å²) in [6.45, 7) is 9.78. The van der Waals surface area contributed by atoms with Crippen LogP contribution in [0, 0.1) is 19.8 Å². The maximum atomic E-state index is 13.7. The summed E-state index contributed by atoms with van der Waals surface area (Å²) in [5, 5.41) is 2.09. The number of aryl methyl sites for hydroxylation is 2. The van der Waals surface area contributed by atoms with Crippen LogP contribution < -0.4 is 4.74 Å². The van der Waals surface area contributed by atoms with E-state index in [9.17, 15) is 9.59 Å². The van der Waals surface area contributed by atoms with Gasteiger partial charge in [-0.25, -0.2) is 0 Å². The number of thiophene rings is 1. The fourth-order valence-corrected chi connectivity index (χ4v) is 5.41. The molecular formula is C29H34N2O3S. The number of carbonyl (C=O) groups excluding carboxylic acids is 2. The van der Waals surface area contributed by atoms with Crippen molar-refractivity contribution in [2.24, 2.45) is 5.92 Å². The van der Waals surface area contributed by atoms with Gasteiger partial charge in [0.25, 0.3) is 5.91 Å². The van der Waals surface area contributed by atoms with E-state index >= 15 is 0 Å². The molecule has 0 saturated carbocycles. The van der Waals surface area contributed by atoms with Crippen LogP contribution in [0.2, 0.25) is 0 Å². The van der Waals surface area contributed by atoms with Crippen molar-refractivity contribution in [3.05, 3.63) is 87.1 Å². The molecule has 4 rings (SSSR count). The first kappa shape index (κ1) is 25.0. The second kappa shape index (κ2) is 11.1. The second-order valence-electron chi connectivity index (χ2n) is 9.72. The number of ether oxygens (including phenoxy) is 1. The van der Waals surface area contributed by atoms with Crippen molar-refractivity contribution >= 4 is 23.2 Å². The minimum atomic E-state index is -0.172. The van der Waals surface area contributed by atoms with Gasteiger partial charge in [-0.3, -0.25) is 9.59 Å². The van der Waals surface area contributed by atoms with Gasteiger partial charge in [-0.05, 0) is 67.5 Å². The molecule has 2 heterocycles.